The Kier molecular flexibility index (Phi) is 3.49. The van der Waals surface area contributed by atoms with Crippen molar-refractivity contribution in [3.05, 3.63) is 65.1 Å². The molecule has 4 rings (SSSR count). The number of rotatable bonds is 2. The smallest absolute Gasteiger partial charge is 0.254 e. The summed E-state index contributed by atoms with van der Waals surface area (Å²) in [7, 11) is 1.58. The minimum atomic E-state index is -0.237. The first-order valence-corrected chi connectivity index (χ1v) is 7.88. The molecular weight excluding hydrogens is 307 g/mol. The third-order valence-corrected chi connectivity index (χ3v) is 4.54. The monoisotopic (exact) mass is 324 g/mol. The molecule has 0 bridgehead atoms. The van der Waals surface area contributed by atoms with Crippen LogP contribution >= 0.6 is 0 Å². The molecule has 122 valence electrons. The van der Waals surface area contributed by atoms with Crippen LogP contribution in [0.2, 0.25) is 0 Å². The Hall–Kier alpha value is -2.82. The summed E-state index contributed by atoms with van der Waals surface area (Å²) in [6.07, 6.45) is 0.717. The Balaban J connectivity index is 1.64. The van der Waals surface area contributed by atoms with Crippen LogP contribution in [-0.4, -0.2) is 29.4 Å². The van der Waals surface area contributed by atoms with Gasteiger partial charge in [0.25, 0.3) is 5.91 Å². The molecule has 24 heavy (non-hydrogen) atoms. The van der Waals surface area contributed by atoms with Gasteiger partial charge in [-0.15, -0.1) is 0 Å². The van der Waals surface area contributed by atoms with E-state index in [4.69, 9.17) is 4.74 Å². The molecule has 0 fully saturated rings. The third-order valence-electron chi connectivity index (χ3n) is 4.54. The van der Waals surface area contributed by atoms with Crippen LogP contribution in [0.15, 0.2) is 42.5 Å². The lowest BCUT2D eigenvalue weighted by Gasteiger charge is -2.27. The van der Waals surface area contributed by atoms with Gasteiger partial charge in [-0.25, -0.2) is 4.39 Å². The molecule has 0 radical (unpaired) electrons. The second kappa shape index (κ2) is 5.67. The molecular formula is C19H17FN2O2. The van der Waals surface area contributed by atoms with Gasteiger partial charge in [0, 0.05) is 28.7 Å². The normalized spacial score (nSPS) is 13.8. The number of hydrogen-bond acceptors (Lipinski definition) is 2. The van der Waals surface area contributed by atoms with Gasteiger partial charge in [-0.2, -0.15) is 0 Å². The molecule has 0 unspecified atom stereocenters. The standard InChI is InChI=1S/C19H17FN2O2/c1-24-14-4-2-3-12(9-14)19(23)22-8-7-15-16-10-13(20)5-6-17(16)21-18(15)11-22/h2-6,9-10,21H,7-8,11H2,1H3. The summed E-state index contributed by atoms with van der Waals surface area (Å²) in [5.74, 6) is 0.406. The number of amides is 1. The molecule has 1 N–H and O–H groups in total. The molecule has 1 amide bonds. The molecule has 0 spiro atoms. The van der Waals surface area contributed by atoms with E-state index in [9.17, 15) is 9.18 Å². The van der Waals surface area contributed by atoms with Crippen molar-refractivity contribution in [3.8, 4) is 5.75 Å². The first-order valence-electron chi connectivity index (χ1n) is 7.88. The number of aromatic nitrogens is 1. The number of methoxy groups -OCH3 is 1. The fraction of sp³-hybridized carbons (Fsp3) is 0.211. The Morgan fingerprint density at radius 1 is 1.25 bits per heavy atom. The fourth-order valence-corrected chi connectivity index (χ4v) is 3.32. The van der Waals surface area contributed by atoms with Gasteiger partial charge in [0.2, 0.25) is 0 Å². The fourth-order valence-electron chi connectivity index (χ4n) is 3.32. The number of benzene rings is 2. The van der Waals surface area contributed by atoms with Crippen molar-refractivity contribution in [2.45, 2.75) is 13.0 Å². The van der Waals surface area contributed by atoms with Gasteiger partial charge in [0.1, 0.15) is 11.6 Å². The molecule has 3 aromatic rings. The van der Waals surface area contributed by atoms with Gasteiger partial charge in [-0.3, -0.25) is 4.79 Å². The predicted molar refractivity (Wildman–Crippen MR) is 89.7 cm³/mol. The highest BCUT2D eigenvalue weighted by molar-refractivity contribution is 5.95. The minimum absolute atomic E-state index is 0.0237. The first-order chi connectivity index (χ1) is 11.7. The molecule has 0 atom stereocenters. The number of hydrogen-bond donors (Lipinski definition) is 1. The van der Waals surface area contributed by atoms with Gasteiger partial charge >= 0.3 is 0 Å². The van der Waals surface area contributed by atoms with Crippen molar-refractivity contribution >= 4 is 16.8 Å². The van der Waals surface area contributed by atoms with Crippen LogP contribution in [0.4, 0.5) is 4.39 Å². The molecule has 1 aliphatic heterocycles. The van der Waals surface area contributed by atoms with E-state index in [0.29, 0.717) is 30.8 Å². The molecule has 4 nitrogen and oxygen atoms in total. The predicted octanol–water partition coefficient (Wildman–Crippen LogP) is 3.51. The highest BCUT2D eigenvalue weighted by atomic mass is 19.1. The summed E-state index contributed by atoms with van der Waals surface area (Å²) in [6.45, 7) is 1.12. The summed E-state index contributed by atoms with van der Waals surface area (Å²) in [6, 6.07) is 11.9. The second-order valence-corrected chi connectivity index (χ2v) is 5.98. The molecule has 0 saturated carbocycles. The van der Waals surface area contributed by atoms with Crippen LogP contribution in [0.3, 0.4) is 0 Å². The van der Waals surface area contributed by atoms with E-state index in [1.165, 1.54) is 6.07 Å². The molecule has 5 heteroatoms. The van der Waals surface area contributed by atoms with Crippen LogP contribution in [0, 0.1) is 5.82 Å². The van der Waals surface area contributed by atoms with Crippen molar-refractivity contribution < 1.29 is 13.9 Å². The van der Waals surface area contributed by atoms with Gasteiger partial charge in [0.15, 0.2) is 0 Å². The van der Waals surface area contributed by atoms with Crippen molar-refractivity contribution in [3.63, 3.8) is 0 Å². The average molecular weight is 324 g/mol. The quantitative estimate of drug-likeness (QED) is 0.784. The Bertz CT molecular complexity index is 932. The number of aromatic amines is 1. The van der Waals surface area contributed by atoms with Crippen LogP contribution in [0.1, 0.15) is 21.6 Å². The van der Waals surface area contributed by atoms with E-state index >= 15 is 0 Å². The van der Waals surface area contributed by atoms with Crippen molar-refractivity contribution in [1.29, 1.82) is 0 Å². The number of fused-ring (bicyclic) bond motifs is 3. The van der Waals surface area contributed by atoms with E-state index in [-0.39, 0.29) is 11.7 Å². The largest absolute Gasteiger partial charge is 0.497 e. The highest BCUT2D eigenvalue weighted by Gasteiger charge is 2.25. The van der Waals surface area contributed by atoms with Gasteiger partial charge in [0.05, 0.1) is 13.7 Å². The SMILES string of the molecule is COc1cccc(C(=O)N2CCc3c([nH]c4ccc(F)cc34)C2)c1. The van der Waals surface area contributed by atoms with E-state index in [2.05, 4.69) is 4.98 Å². The van der Waals surface area contributed by atoms with Crippen molar-refractivity contribution in [2.24, 2.45) is 0 Å². The van der Waals surface area contributed by atoms with Crippen LogP contribution in [0.5, 0.6) is 5.75 Å². The number of carbonyl (C=O) groups excluding carboxylic acids is 1. The molecule has 1 aromatic heterocycles. The lowest BCUT2D eigenvalue weighted by Crippen LogP contribution is -2.35. The number of halogens is 1. The van der Waals surface area contributed by atoms with Gasteiger partial charge in [-0.1, -0.05) is 6.07 Å². The van der Waals surface area contributed by atoms with Crippen molar-refractivity contribution in [2.75, 3.05) is 13.7 Å². The molecule has 1 aliphatic rings. The molecule has 0 saturated heterocycles. The summed E-state index contributed by atoms with van der Waals surface area (Å²) in [4.78, 5) is 17.9. The van der Waals surface area contributed by atoms with Gasteiger partial charge < -0.3 is 14.6 Å². The van der Waals surface area contributed by atoms with E-state index in [0.717, 1.165) is 22.2 Å². The number of H-pyrrole nitrogens is 1. The molecule has 0 aliphatic carbocycles. The lowest BCUT2D eigenvalue weighted by atomic mass is 10.0. The number of carbonyl (C=O) groups is 1. The maximum Gasteiger partial charge on any atom is 0.254 e. The zero-order chi connectivity index (χ0) is 16.7. The molecule has 2 aromatic carbocycles. The van der Waals surface area contributed by atoms with Crippen LogP contribution in [-0.2, 0) is 13.0 Å². The van der Waals surface area contributed by atoms with Crippen LogP contribution < -0.4 is 4.74 Å². The zero-order valence-corrected chi connectivity index (χ0v) is 13.3. The van der Waals surface area contributed by atoms with Crippen LogP contribution in [0.25, 0.3) is 10.9 Å². The minimum Gasteiger partial charge on any atom is -0.497 e. The van der Waals surface area contributed by atoms with E-state index in [1.54, 1.807) is 31.4 Å². The number of nitrogens with one attached hydrogen (secondary N) is 1. The Morgan fingerprint density at radius 2 is 2.12 bits per heavy atom. The topological polar surface area (TPSA) is 45.3 Å². The Morgan fingerprint density at radius 3 is 2.96 bits per heavy atom. The summed E-state index contributed by atoms with van der Waals surface area (Å²) >= 11 is 0. The third kappa shape index (κ3) is 2.42. The summed E-state index contributed by atoms with van der Waals surface area (Å²) in [5, 5.41) is 0.915. The maximum atomic E-state index is 13.5. The lowest BCUT2D eigenvalue weighted by molar-refractivity contribution is 0.0732. The first kappa shape index (κ1) is 14.8. The average Bonchev–Trinajstić information content (AvgIpc) is 2.98. The summed E-state index contributed by atoms with van der Waals surface area (Å²) < 4.78 is 18.7. The van der Waals surface area contributed by atoms with Gasteiger partial charge in [-0.05, 0) is 48.4 Å². The van der Waals surface area contributed by atoms with E-state index < -0.39 is 0 Å². The second-order valence-electron chi connectivity index (χ2n) is 5.98. The Labute approximate surface area is 138 Å². The summed E-state index contributed by atoms with van der Waals surface area (Å²) in [5.41, 5.74) is 3.62. The number of nitrogens with zero attached hydrogens (tertiary/aromatic N) is 1. The zero-order valence-electron chi connectivity index (χ0n) is 13.3. The van der Waals surface area contributed by atoms with Crippen molar-refractivity contribution in [1.82, 2.24) is 9.88 Å². The number of ether oxygens (including phenoxy) is 1. The molecule has 2 heterocycles. The maximum absolute atomic E-state index is 13.5. The van der Waals surface area contributed by atoms with E-state index in [1.807, 2.05) is 17.0 Å². The highest BCUT2D eigenvalue weighted by Crippen LogP contribution is 2.29.